The van der Waals surface area contributed by atoms with E-state index in [0.717, 1.165) is 0 Å². The zero-order valence-corrected chi connectivity index (χ0v) is 12.0. The Morgan fingerprint density at radius 2 is 1.94 bits per heavy atom. The molecule has 0 aliphatic rings. The molecule has 0 spiro atoms. The van der Waals surface area contributed by atoms with Gasteiger partial charge in [-0.25, -0.2) is 9.78 Å². The molecule has 100 valence electrons. The Balaban J connectivity index is 0.00000289. The Morgan fingerprint density at radius 3 is 2.33 bits per heavy atom. The van der Waals surface area contributed by atoms with Crippen molar-refractivity contribution >= 4 is 28.9 Å². The average Bonchev–Trinajstić information content (AvgIpc) is 2.14. The normalized spacial score (nSPS) is 10.6. The van der Waals surface area contributed by atoms with Gasteiger partial charge in [-0.2, -0.15) is 0 Å². The number of halogens is 1. The monoisotopic (exact) mass is 318 g/mol. The van der Waals surface area contributed by atoms with E-state index in [1.54, 1.807) is 0 Å². The van der Waals surface area contributed by atoms with E-state index in [2.05, 4.69) is 4.98 Å². The lowest BCUT2D eigenvalue weighted by Gasteiger charge is -2.24. The summed E-state index contributed by atoms with van der Waals surface area (Å²) in [6.45, 7) is 0.549. The van der Waals surface area contributed by atoms with Crippen LogP contribution in [0.25, 0.3) is 0 Å². The molecular weight excluding hydrogens is 304 g/mol. The van der Waals surface area contributed by atoms with Crippen molar-refractivity contribution in [2.45, 2.75) is 6.54 Å². The van der Waals surface area contributed by atoms with Crippen LogP contribution in [0, 0.1) is 0 Å². The number of hydrogen-bond donors (Lipinski definition) is 1. The Labute approximate surface area is 115 Å². The molecule has 0 fully saturated rings. The van der Waals surface area contributed by atoms with E-state index in [4.69, 9.17) is 5.11 Å². The van der Waals surface area contributed by atoms with Crippen LogP contribution < -0.4 is 5.11 Å². The van der Waals surface area contributed by atoms with E-state index in [1.807, 2.05) is 21.1 Å². The Hall–Kier alpha value is -1.47. The Morgan fingerprint density at radius 1 is 1.39 bits per heavy atom. The molecule has 1 heterocycles. The first kappa shape index (κ1) is 16.5. The maximum Gasteiger partial charge on any atom is 0.355 e. The molecule has 0 unspecified atom stereocenters. The molecule has 0 aliphatic heterocycles. The maximum absolute atomic E-state index is 10.8. The van der Waals surface area contributed by atoms with E-state index >= 15 is 0 Å². The second-order valence-corrected chi connectivity index (χ2v) is 4.78. The van der Waals surface area contributed by atoms with Crippen molar-refractivity contribution in [3.63, 3.8) is 0 Å². The van der Waals surface area contributed by atoms with Crippen LogP contribution in [0.1, 0.15) is 26.4 Å². The molecule has 0 aliphatic carbocycles. The van der Waals surface area contributed by atoms with Crippen molar-refractivity contribution in [2.24, 2.45) is 0 Å². The summed E-state index contributed by atoms with van der Waals surface area (Å²) in [5.41, 5.74) is -0.222. The lowest BCUT2D eigenvalue weighted by atomic mass is 10.1. The summed E-state index contributed by atoms with van der Waals surface area (Å²) in [6, 6.07) is 1.30. The number of rotatable bonds is 4. The molecule has 1 N–H and O–H groups in total. The number of carboxylic acids is 2. The van der Waals surface area contributed by atoms with E-state index in [9.17, 15) is 14.7 Å². The first-order chi connectivity index (χ1) is 7.70. The van der Waals surface area contributed by atoms with Crippen molar-refractivity contribution in [2.75, 3.05) is 21.1 Å². The smallest absolute Gasteiger partial charge is 0.355 e. The molecule has 0 aromatic carbocycles. The van der Waals surface area contributed by atoms with Crippen molar-refractivity contribution in [1.82, 2.24) is 4.98 Å². The number of carbonyl (C=O) groups excluding carboxylic acids is 1. The quantitative estimate of drug-likeness (QED) is 0.785. The number of quaternary nitrogens is 1. The zero-order valence-electron chi connectivity index (χ0n) is 10.3. The molecule has 1 rings (SSSR count). The molecular formula is C11H15BrN2O4. The minimum absolute atomic E-state index is 0. The SMILES string of the molecule is Br.C[N+](C)(C)Cc1cnc(C(=O)O)c(C(=O)[O-])c1. The highest BCUT2D eigenvalue weighted by Gasteiger charge is 2.16. The van der Waals surface area contributed by atoms with Crippen LogP contribution in [-0.4, -0.2) is 47.7 Å². The fraction of sp³-hybridized carbons (Fsp3) is 0.364. The summed E-state index contributed by atoms with van der Waals surface area (Å²) in [5.74, 6) is -2.90. The van der Waals surface area contributed by atoms with Crippen LogP contribution in [0.5, 0.6) is 0 Å². The summed E-state index contributed by atoms with van der Waals surface area (Å²) < 4.78 is 0.584. The van der Waals surface area contributed by atoms with Crippen LogP contribution in [0.2, 0.25) is 0 Å². The third kappa shape index (κ3) is 4.42. The highest BCUT2D eigenvalue weighted by Crippen LogP contribution is 2.11. The predicted octanol–water partition coefficient (Wildman–Crippen LogP) is -0.0726. The summed E-state index contributed by atoms with van der Waals surface area (Å²) in [6.07, 6.45) is 1.37. The molecule has 0 amide bonds. The van der Waals surface area contributed by atoms with Gasteiger partial charge in [0.05, 0.1) is 27.1 Å². The lowest BCUT2D eigenvalue weighted by molar-refractivity contribution is -0.884. The lowest BCUT2D eigenvalue weighted by Crippen LogP contribution is -2.34. The van der Waals surface area contributed by atoms with Crippen molar-refractivity contribution in [3.05, 3.63) is 29.1 Å². The molecule has 7 heteroatoms. The number of carbonyl (C=O) groups is 2. The largest absolute Gasteiger partial charge is 0.545 e. The van der Waals surface area contributed by atoms with Gasteiger partial charge in [0.2, 0.25) is 0 Å². The average molecular weight is 319 g/mol. The van der Waals surface area contributed by atoms with Gasteiger partial charge in [-0.1, -0.05) is 0 Å². The van der Waals surface area contributed by atoms with E-state index in [-0.39, 0.29) is 22.5 Å². The minimum Gasteiger partial charge on any atom is -0.545 e. The zero-order chi connectivity index (χ0) is 13.2. The number of pyridine rings is 1. The van der Waals surface area contributed by atoms with Crippen LogP contribution in [0.4, 0.5) is 0 Å². The molecule has 0 saturated carbocycles. The van der Waals surface area contributed by atoms with Gasteiger partial charge in [-0.3, -0.25) is 0 Å². The summed E-state index contributed by atoms with van der Waals surface area (Å²) in [4.78, 5) is 25.2. The standard InChI is InChI=1S/C11H14N2O4.BrH/c1-13(2,3)6-7-4-8(10(14)15)9(11(16)17)12-5-7;/h4-5H,6H2,1-3H3,(H-,14,15,16,17);1H. The van der Waals surface area contributed by atoms with Crippen molar-refractivity contribution in [1.29, 1.82) is 0 Å². The Kier molecular flexibility index (Phi) is 5.44. The van der Waals surface area contributed by atoms with Crippen LogP contribution in [0.15, 0.2) is 12.3 Å². The predicted molar refractivity (Wildman–Crippen MR) is 67.6 cm³/mol. The first-order valence-electron chi connectivity index (χ1n) is 4.95. The summed E-state index contributed by atoms with van der Waals surface area (Å²) in [5, 5.41) is 19.6. The van der Waals surface area contributed by atoms with Gasteiger partial charge in [0.15, 0.2) is 5.69 Å². The summed E-state index contributed by atoms with van der Waals surface area (Å²) >= 11 is 0. The third-order valence-corrected chi connectivity index (χ3v) is 2.02. The fourth-order valence-electron chi connectivity index (χ4n) is 1.47. The molecule has 0 saturated heterocycles. The Bertz CT molecular complexity index is 469. The molecule has 6 nitrogen and oxygen atoms in total. The van der Waals surface area contributed by atoms with Crippen LogP contribution in [-0.2, 0) is 6.54 Å². The molecule has 18 heavy (non-hydrogen) atoms. The van der Waals surface area contributed by atoms with Crippen molar-refractivity contribution < 1.29 is 24.3 Å². The van der Waals surface area contributed by atoms with Gasteiger partial charge in [0.1, 0.15) is 6.54 Å². The molecule has 0 bridgehead atoms. The minimum atomic E-state index is -1.53. The maximum atomic E-state index is 10.8. The molecule has 0 radical (unpaired) electrons. The van der Waals surface area contributed by atoms with Gasteiger partial charge in [-0.05, 0) is 6.07 Å². The van der Waals surface area contributed by atoms with E-state index in [1.165, 1.54) is 12.3 Å². The number of carboxylic acid groups (broad SMARTS) is 2. The van der Waals surface area contributed by atoms with Gasteiger partial charge in [0, 0.05) is 17.3 Å². The van der Waals surface area contributed by atoms with E-state index in [0.29, 0.717) is 16.6 Å². The third-order valence-electron chi connectivity index (χ3n) is 2.02. The number of nitrogens with zero attached hydrogens (tertiary/aromatic N) is 2. The number of aromatic nitrogens is 1. The highest BCUT2D eigenvalue weighted by molar-refractivity contribution is 8.93. The molecule has 0 atom stereocenters. The molecule has 1 aromatic heterocycles. The topological polar surface area (TPSA) is 90.3 Å². The van der Waals surface area contributed by atoms with Gasteiger partial charge < -0.3 is 19.5 Å². The first-order valence-corrected chi connectivity index (χ1v) is 4.95. The number of hydrogen-bond acceptors (Lipinski definition) is 4. The van der Waals surface area contributed by atoms with E-state index < -0.39 is 17.6 Å². The molecule has 1 aromatic rings. The van der Waals surface area contributed by atoms with Crippen LogP contribution in [0.3, 0.4) is 0 Å². The van der Waals surface area contributed by atoms with Gasteiger partial charge >= 0.3 is 5.97 Å². The number of aromatic carboxylic acids is 2. The second kappa shape index (κ2) is 5.92. The fourth-order valence-corrected chi connectivity index (χ4v) is 1.47. The van der Waals surface area contributed by atoms with Gasteiger partial charge in [0.25, 0.3) is 0 Å². The second-order valence-electron chi connectivity index (χ2n) is 4.78. The van der Waals surface area contributed by atoms with Crippen LogP contribution >= 0.6 is 17.0 Å². The van der Waals surface area contributed by atoms with Gasteiger partial charge in [-0.15, -0.1) is 17.0 Å². The highest BCUT2D eigenvalue weighted by atomic mass is 79.9. The van der Waals surface area contributed by atoms with Crippen molar-refractivity contribution in [3.8, 4) is 0 Å². The summed E-state index contributed by atoms with van der Waals surface area (Å²) in [7, 11) is 5.80.